The minimum absolute atomic E-state index is 0.210. The number of amidine groups is 1. The van der Waals surface area contributed by atoms with Crippen molar-refractivity contribution in [2.75, 3.05) is 6.54 Å². The average Bonchev–Trinajstić information content (AvgIpc) is 2.74. The molecule has 17 heavy (non-hydrogen) atoms. The minimum Gasteiger partial charge on any atom is -0.472 e. The Morgan fingerprint density at radius 3 is 2.76 bits per heavy atom. The first-order valence-corrected chi connectivity index (χ1v) is 4.71. The van der Waals surface area contributed by atoms with Crippen LogP contribution < -0.4 is 11.1 Å². The third-order valence-electron chi connectivity index (χ3n) is 2.13. The highest BCUT2D eigenvalue weighted by Crippen LogP contribution is 2.25. The van der Waals surface area contributed by atoms with Gasteiger partial charge in [0.05, 0.1) is 12.5 Å². The predicted octanol–water partition coefficient (Wildman–Crippen LogP) is 1.29. The average molecular weight is 251 g/mol. The molecular weight excluding hydrogens is 239 g/mol. The number of halogens is 3. The second-order valence-electron chi connectivity index (χ2n) is 3.38. The van der Waals surface area contributed by atoms with E-state index in [1.54, 1.807) is 6.07 Å². The van der Waals surface area contributed by atoms with Crippen molar-refractivity contribution in [1.82, 2.24) is 5.32 Å². The summed E-state index contributed by atoms with van der Waals surface area (Å²) in [6.45, 7) is -0.258. The maximum Gasteiger partial charge on any atom is 0.400 e. The van der Waals surface area contributed by atoms with Gasteiger partial charge in [-0.25, -0.2) is 0 Å². The van der Waals surface area contributed by atoms with Crippen LogP contribution >= 0.6 is 0 Å². The second-order valence-corrected chi connectivity index (χ2v) is 3.38. The third kappa shape index (κ3) is 3.99. The summed E-state index contributed by atoms with van der Waals surface area (Å²) in [5, 5.41) is 13.2. The Labute approximate surface area is 95.1 Å². The van der Waals surface area contributed by atoms with Crippen molar-refractivity contribution in [3.8, 4) is 0 Å². The fraction of sp³-hybridized carbons (Fsp3) is 0.444. The van der Waals surface area contributed by atoms with Crippen LogP contribution in [0.25, 0.3) is 0 Å². The highest BCUT2D eigenvalue weighted by molar-refractivity contribution is 5.83. The summed E-state index contributed by atoms with van der Waals surface area (Å²) in [5.74, 6) is -2.88. The second kappa shape index (κ2) is 5.58. The van der Waals surface area contributed by atoms with Crippen molar-refractivity contribution in [2.45, 2.75) is 12.7 Å². The van der Waals surface area contributed by atoms with Gasteiger partial charge in [-0.2, -0.15) is 13.2 Å². The first-order chi connectivity index (χ1) is 7.95. The molecule has 4 N–H and O–H groups in total. The SMILES string of the molecule is N/C(=N/O)C(CNCc1ccoc1)C(F)(F)F. The van der Waals surface area contributed by atoms with Gasteiger partial charge in [0.2, 0.25) is 0 Å². The zero-order valence-electron chi connectivity index (χ0n) is 8.74. The number of rotatable bonds is 5. The lowest BCUT2D eigenvalue weighted by molar-refractivity contribution is -0.154. The van der Waals surface area contributed by atoms with E-state index in [1.165, 1.54) is 12.5 Å². The number of furan rings is 1. The molecule has 1 aromatic rings. The molecule has 1 rings (SSSR count). The Bertz CT molecular complexity index is 362. The number of nitrogens with two attached hydrogens (primary N) is 1. The lowest BCUT2D eigenvalue weighted by Gasteiger charge is -2.19. The van der Waals surface area contributed by atoms with Crippen molar-refractivity contribution >= 4 is 5.84 Å². The number of nitrogens with zero attached hydrogens (tertiary/aromatic N) is 1. The Hall–Kier alpha value is -1.70. The fourth-order valence-corrected chi connectivity index (χ4v) is 1.21. The maximum absolute atomic E-state index is 12.5. The van der Waals surface area contributed by atoms with Gasteiger partial charge in [-0.3, -0.25) is 0 Å². The maximum atomic E-state index is 12.5. The van der Waals surface area contributed by atoms with Gasteiger partial charge in [-0.15, -0.1) is 0 Å². The molecule has 0 saturated heterocycles. The molecule has 96 valence electrons. The van der Waals surface area contributed by atoms with Gasteiger partial charge in [-0.1, -0.05) is 5.16 Å². The van der Waals surface area contributed by atoms with Crippen LogP contribution in [0.3, 0.4) is 0 Å². The number of hydrogen-bond acceptors (Lipinski definition) is 4. The van der Waals surface area contributed by atoms with Crippen LogP contribution in [-0.2, 0) is 6.54 Å². The standard InChI is InChI=1S/C9H12F3N3O2/c10-9(11,12)7(8(13)15-16)4-14-3-6-1-2-17-5-6/h1-2,5,7,14,16H,3-4H2,(H2,13,15). The van der Waals surface area contributed by atoms with Crippen LogP contribution in [0.15, 0.2) is 28.2 Å². The smallest absolute Gasteiger partial charge is 0.400 e. The van der Waals surface area contributed by atoms with Crippen LogP contribution in [-0.4, -0.2) is 23.8 Å². The van der Waals surface area contributed by atoms with Gasteiger partial charge in [0.25, 0.3) is 0 Å². The molecule has 8 heteroatoms. The molecule has 0 bridgehead atoms. The van der Waals surface area contributed by atoms with E-state index in [4.69, 9.17) is 15.4 Å². The lowest BCUT2D eigenvalue weighted by Crippen LogP contribution is -2.42. The number of nitrogens with one attached hydrogen (secondary N) is 1. The topological polar surface area (TPSA) is 83.8 Å². The Morgan fingerprint density at radius 1 is 1.59 bits per heavy atom. The highest BCUT2D eigenvalue weighted by atomic mass is 19.4. The molecular formula is C9H12F3N3O2. The van der Waals surface area contributed by atoms with E-state index in [2.05, 4.69) is 10.5 Å². The van der Waals surface area contributed by atoms with Crippen LogP contribution in [0.2, 0.25) is 0 Å². The largest absolute Gasteiger partial charge is 0.472 e. The van der Waals surface area contributed by atoms with Crippen LogP contribution in [0.5, 0.6) is 0 Å². The summed E-state index contributed by atoms with van der Waals surface area (Å²) in [4.78, 5) is 0. The summed E-state index contributed by atoms with van der Waals surface area (Å²) in [6, 6.07) is 1.62. The van der Waals surface area contributed by atoms with E-state index in [-0.39, 0.29) is 6.54 Å². The Balaban J connectivity index is 2.51. The van der Waals surface area contributed by atoms with Gasteiger partial charge >= 0.3 is 6.18 Å². The van der Waals surface area contributed by atoms with Crippen molar-refractivity contribution in [2.24, 2.45) is 16.8 Å². The summed E-state index contributed by atoms with van der Waals surface area (Å²) < 4.78 is 42.2. The zero-order chi connectivity index (χ0) is 12.9. The molecule has 0 fully saturated rings. The highest BCUT2D eigenvalue weighted by Gasteiger charge is 2.42. The predicted molar refractivity (Wildman–Crippen MR) is 53.4 cm³/mol. The quantitative estimate of drug-likeness (QED) is 0.319. The number of oxime groups is 1. The summed E-state index contributed by atoms with van der Waals surface area (Å²) in [6.07, 6.45) is -1.72. The summed E-state index contributed by atoms with van der Waals surface area (Å²) >= 11 is 0. The Kier molecular flexibility index (Phi) is 4.38. The number of hydrogen-bond donors (Lipinski definition) is 3. The van der Waals surface area contributed by atoms with Gasteiger partial charge < -0.3 is 20.7 Å². The molecule has 0 spiro atoms. The first-order valence-electron chi connectivity index (χ1n) is 4.71. The van der Waals surface area contributed by atoms with Crippen LogP contribution in [0, 0.1) is 5.92 Å². The molecule has 1 unspecified atom stereocenters. The zero-order valence-corrected chi connectivity index (χ0v) is 8.74. The molecule has 1 heterocycles. The van der Waals surface area contributed by atoms with E-state index in [0.29, 0.717) is 5.56 Å². The van der Waals surface area contributed by atoms with Gasteiger partial charge in [0.1, 0.15) is 5.92 Å². The molecule has 0 amide bonds. The molecule has 5 nitrogen and oxygen atoms in total. The molecule has 0 radical (unpaired) electrons. The van der Waals surface area contributed by atoms with E-state index < -0.39 is 24.5 Å². The Morgan fingerprint density at radius 2 is 2.29 bits per heavy atom. The third-order valence-corrected chi connectivity index (χ3v) is 2.13. The van der Waals surface area contributed by atoms with Crippen LogP contribution in [0.4, 0.5) is 13.2 Å². The molecule has 1 aromatic heterocycles. The normalized spacial score (nSPS) is 14.9. The molecule has 0 aromatic carbocycles. The molecule has 1 atom stereocenters. The van der Waals surface area contributed by atoms with E-state index in [9.17, 15) is 13.2 Å². The minimum atomic E-state index is -4.56. The van der Waals surface area contributed by atoms with Gasteiger partial charge in [0, 0.05) is 18.7 Å². The van der Waals surface area contributed by atoms with E-state index in [0.717, 1.165) is 0 Å². The van der Waals surface area contributed by atoms with E-state index >= 15 is 0 Å². The lowest BCUT2D eigenvalue weighted by atomic mass is 10.1. The van der Waals surface area contributed by atoms with Crippen LogP contribution in [0.1, 0.15) is 5.56 Å². The first kappa shape index (κ1) is 13.4. The van der Waals surface area contributed by atoms with Crippen molar-refractivity contribution in [3.63, 3.8) is 0 Å². The molecule has 0 aliphatic rings. The van der Waals surface area contributed by atoms with Gasteiger partial charge in [0.15, 0.2) is 5.84 Å². The molecule has 0 saturated carbocycles. The van der Waals surface area contributed by atoms with Crippen molar-refractivity contribution in [3.05, 3.63) is 24.2 Å². The fourth-order valence-electron chi connectivity index (χ4n) is 1.21. The van der Waals surface area contributed by atoms with Gasteiger partial charge in [-0.05, 0) is 6.07 Å². The van der Waals surface area contributed by atoms with Crippen molar-refractivity contribution < 1.29 is 22.8 Å². The van der Waals surface area contributed by atoms with Crippen molar-refractivity contribution in [1.29, 1.82) is 0 Å². The number of alkyl halides is 3. The summed E-state index contributed by atoms with van der Waals surface area (Å²) in [5.41, 5.74) is 5.70. The monoisotopic (exact) mass is 251 g/mol. The molecule has 0 aliphatic heterocycles. The summed E-state index contributed by atoms with van der Waals surface area (Å²) in [7, 11) is 0. The molecule has 0 aliphatic carbocycles. The van der Waals surface area contributed by atoms with E-state index in [1.807, 2.05) is 0 Å².